The summed E-state index contributed by atoms with van der Waals surface area (Å²) in [5.41, 5.74) is 24.5. The molecule has 10 aromatic carbocycles. The van der Waals surface area contributed by atoms with Gasteiger partial charge in [-0.2, -0.15) is 0 Å². The number of para-hydroxylation sites is 2. The summed E-state index contributed by atoms with van der Waals surface area (Å²) in [5, 5.41) is 4.94. The molecule has 2 aliphatic carbocycles. The molecule has 0 bridgehead atoms. The standard InChI is InChI=1S/C63H50N2/c1-39-29-40(2)32-48(31-39)64(59-25-15-7-17-43(59)5)47-28-27-45-36-54-57(37-46(45)35-47)63(55-23-13-11-19-50(55)51-20-12-14-24-56(51)63)58-38-61(52-21-9-10-22-53(52)62(54)58)65(60-26-16-8-18-44(60)6)49-33-41(3)30-42(4)34-49/h7-38H,1-6H3. The maximum atomic E-state index is 2.57. The Labute approximate surface area is 382 Å². The van der Waals surface area contributed by atoms with E-state index < -0.39 is 5.41 Å². The molecule has 0 N–H and O–H groups in total. The number of anilines is 6. The fourth-order valence-corrected chi connectivity index (χ4v) is 11.7. The van der Waals surface area contributed by atoms with Crippen molar-refractivity contribution in [1.82, 2.24) is 0 Å². The van der Waals surface area contributed by atoms with Crippen LogP contribution in [0.2, 0.25) is 0 Å². The van der Waals surface area contributed by atoms with Gasteiger partial charge in [-0.05, 0) is 202 Å². The molecule has 2 heteroatoms. The van der Waals surface area contributed by atoms with Gasteiger partial charge in [-0.25, -0.2) is 0 Å². The summed E-state index contributed by atoms with van der Waals surface area (Å²) < 4.78 is 0. The molecular weight excluding hydrogens is 785 g/mol. The highest BCUT2D eigenvalue weighted by molar-refractivity contribution is 6.13. The number of aryl methyl sites for hydroxylation is 6. The largest absolute Gasteiger partial charge is 0.310 e. The Morgan fingerprint density at radius 3 is 1.42 bits per heavy atom. The van der Waals surface area contributed by atoms with Crippen LogP contribution >= 0.6 is 0 Å². The Bertz CT molecular complexity index is 3510. The Kier molecular flexibility index (Phi) is 8.80. The van der Waals surface area contributed by atoms with E-state index in [0.29, 0.717) is 0 Å². The minimum absolute atomic E-state index is 0.565. The lowest BCUT2D eigenvalue weighted by molar-refractivity contribution is 0.795. The third-order valence-corrected chi connectivity index (χ3v) is 14.2. The van der Waals surface area contributed by atoms with E-state index in [-0.39, 0.29) is 0 Å². The molecule has 2 nitrogen and oxygen atoms in total. The van der Waals surface area contributed by atoms with Gasteiger partial charge in [-0.3, -0.25) is 0 Å². The molecule has 0 radical (unpaired) electrons. The lowest BCUT2D eigenvalue weighted by atomic mass is 9.70. The van der Waals surface area contributed by atoms with Crippen molar-refractivity contribution in [3.8, 4) is 22.3 Å². The minimum Gasteiger partial charge on any atom is -0.310 e. The molecule has 0 unspecified atom stereocenters. The van der Waals surface area contributed by atoms with E-state index in [0.717, 1.165) is 5.69 Å². The van der Waals surface area contributed by atoms with Crippen molar-refractivity contribution in [2.75, 3.05) is 9.80 Å². The van der Waals surface area contributed by atoms with Gasteiger partial charge < -0.3 is 9.80 Å². The second kappa shape index (κ2) is 14.7. The average Bonchev–Trinajstić information content (AvgIpc) is 3.76. The number of nitrogens with zero attached hydrogens (tertiary/aromatic N) is 2. The zero-order valence-electron chi connectivity index (χ0n) is 37.9. The molecule has 312 valence electrons. The number of hydrogen-bond acceptors (Lipinski definition) is 2. The number of hydrogen-bond donors (Lipinski definition) is 0. The van der Waals surface area contributed by atoms with E-state index in [4.69, 9.17) is 0 Å². The number of fused-ring (bicyclic) bond motifs is 13. The lowest BCUT2D eigenvalue weighted by Gasteiger charge is -2.33. The van der Waals surface area contributed by atoms with Crippen molar-refractivity contribution in [1.29, 1.82) is 0 Å². The van der Waals surface area contributed by atoms with Gasteiger partial charge >= 0.3 is 0 Å². The summed E-state index contributed by atoms with van der Waals surface area (Å²) in [4.78, 5) is 4.97. The zero-order chi connectivity index (χ0) is 44.1. The Morgan fingerprint density at radius 2 is 0.815 bits per heavy atom. The zero-order valence-corrected chi connectivity index (χ0v) is 37.9. The van der Waals surface area contributed by atoms with E-state index >= 15 is 0 Å². The van der Waals surface area contributed by atoms with Crippen molar-refractivity contribution in [2.45, 2.75) is 47.0 Å². The van der Waals surface area contributed by atoms with Gasteiger partial charge in [0.05, 0.1) is 11.1 Å². The van der Waals surface area contributed by atoms with Crippen LogP contribution in [0.5, 0.6) is 0 Å². The molecular formula is C63H50N2. The fraction of sp³-hybridized carbons (Fsp3) is 0.111. The van der Waals surface area contributed by atoms with E-state index in [1.807, 2.05) is 0 Å². The molecule has 10 aromatic rings. The summed E-state index contributed by atoms with van der Waals surface area (Å²) in [6.07, 6.45) is 0. The van der Waals surface area contributed by atoms with Crippen LogP contribution in [-0.2, 0) is 5.41 Å². The van der Waals surface area contributed by atoms with Crippen molar-refractivity contribution < 1.29 is 0 Å². The molecule has 0 saturated heterocycles. The van der Waals surface area contributed by atoms with Gasteiger partial charge in [0.15, 0.2) is 0 Å². The van der Waals surface area contributed by atoms with Crippen molar-refractivity contribution in [3.63, 3.8) is 0 Å². The SMILES string of the molecule is Cc1cc(C)cc(N(c2ccc3cc4c(cc3c2)C2(c3ccccc3-c3ccccc32)c2cc(N(c3cc(C)cc(C)c3)c3ccccc3C)c3ccccc3c2-4)c2ccccc2C)c1. The first kappa shape index (κ1) is 39.0. The molecule has 1 spiro atoms. The molecule has 2 aliphatic rings. The molecule has 0 atom stereocenters. The molecule has 0 heterocycles. The Hall–Kier alpha value is -7.68. The molecule has 0 amide bonds. The third-order valence-electron chi connectivity index (χ3n) is 14.2. The molecule has 0 saturated carbocycles. The van der Waals surface area contributed by atoms with Crippen LogP contribution in [0, 0.1) is 41.5 Å². The topological polar surface area (TPSA) is 6.48 Å². The number of rotatable bonds is 6. The quantitative estimate of drug-likeness (QED) is 0.165. The highest BCUT2D eigenvalue weighted by Crippen LogP contribution is 2.65. The highest BCUT2D eigenvalue weighted by Gasteiger charge is 2.52. The van der Waals surface area contributed by atoms with Gasteiger partial charge in [0.2, 0.25) is 0 Å². The maximum absolute atomic E-state index is 2.57. The fourth-order valence-electron chi connectivity index (χ4n) is 11.7. The Balaban J connectivity index is 1.19. The highest BCUT2D eigenvalue weighted by atomic mass is 15.2. The summed E-state index contributed by atoms with van der Waals surface area (Å²) in [6, 6.07) is 73.6. The van der Waals surface area contributed by atoms with Crippen LogP contribution in [0.25, 0.3) is 43.8 Å². The predicted molar refractivity (Wildman–Crippen MR) is 276 cm³/mol. The second-order valence-corrected chi connectivity index (χ2v) is 18.6. The van der Waals surface area contributed by atoms with Gasteiger partial charge in [0, 0.05) is 33.8 Å². The second-order valence-electron chi connectivity index (χ2n) is 18.6. The molecule has 0 aliphatic heterocycles. The molecule has 0 aromatic heterocycles. The number of benzene rings is 10. The lowest BCUT2D eigenvalue weighted by Crippen LogP contribution is -2.26. The monoisotopic (exact) mass is 834 g/mol. The van der Waals surface area contributed by atoms with Crippen molar-refractivity contribution in [2.24, 2.45) is 0 Å². The van der Waals surface area contributed by atoms with E-state index in [9.17, 15) is 0 Å². The molecule has 12 rings (SSSR count). The summed E-state index contributed by atoms with van der Waals surface area (Å²) in [6.45, 7) is 13.3. The third kappa shape index (κ3) is 5.87. The first-order valence-corrected chi connectivity index (χ1v) is 22.9. The summed E-state index contributed by atoms with van der Waals surface area (Å²) in [7, 11) is 0. The van der Waals surface area contributed by atoms with Crippen molar-refractivity contribution >= 4 is 55.7 Å². The van der Waals surface area contributed by atoms with Gasteiger partial charge in [-0.1, -0.05) is 127 Å². The predicted octanol–water partition coefficient (Wildman–Crippen LogP) is 17.1. The van der Waals surface area contributed by atoms with Crippen LogP contribution < -0.4 is 9.80 Å². The van der Waals surface area contributed by atoms with Crippen LogP contribution in [0.3, 0.4) is 0 Å². The van der Waals surface area contributed by atoms with E-state index in [1.165, 1.54) is 128 Å². The van der Waals surface area contributed by atoms with Gasteiger partial charge in [0.1, 0.15) is 0 Å². The normalized spacial score (nSPS) is 12.9. The van der Waals surface area contributed by atoms with Crippen LogP contribution in [0.4, 0.5) is 34.1 Å². The average molecular weight is 835 g/mol. The van der Waals surface area contributed by atoms with Crippen LogP contribution in [0.1, 0.15) is 55.6 Å². The van der Waals surface area contributed by atoms with Crippen molar-refractivity contribution in [3.05, 3.63) is 250 Å². The summed E-state index contributed by atoms with van der Waals surface area (Å²) >= 11 is 0. The minimum atomic E-state index is -0.565. The first-order chi connectivity index (χ1) is 31.7. The van der Waals surface area contributed by atoms with Gasteiger partial charge in [0.25, 0.3) is 0 Å². The molecule has 0 fully saturated rings. The van der Waals surface area contributed by atoms with Crippen LogP contribution in [0.15, 0.2) is 194 Å². The molecule has 65 heavy (non-hydrogen) atoms. The first-order valence-electron chi connectivity index (χ1n) is 22.9. The van der Waals surface area contributed by atoms with Gasteiger partial charge in [-0.15, -0.1) is 0 Å². The summed E-state index contributed by atoms with van der Waals surface area (Å²) in [5.74, 6) is 0. The van der Waals surface area contributed by atoms with E-state index in [1.54, 1.807) is 0 Å². The Morgan fingerprint density at radius 1 is 0.308 bits per heavy atom. The maximum Gasteiger partial charge on any atom is 0.0726 e. The smallest absolute Gasteiger partial charge is 0.0726 e. The van der Waals surface area contributed by atoms with Crippen LogP contribution in [-0.4, -0.2) is 0 Å². The van der Waals surface area contributed by atoms with E-state index in [2.05, 4.69) is 245 Å².